The lowest BCUT2D eigenvalue weighted by Gasteiger charge is -2.31. The largest absolute Gasteiger partial charge is 0.458 e. The molecule has 1 amide bonds. The van der Waals surface area contributed by atoms with Gasteiger partial charge in [-0.25, -0.2) is 13.2 Å². The molecule has 2 heterocycles. The zero-order valence-electron chi connectivity index (χ0n) is 17.9. The van der Waals surface area contributed by atoms with E-state index in [1.54, 1.807) is 32.9 Å². The second-order valence-corrected chi connectivity index (χ2v) is 12.3. The van der Waals surface area contributed by atoms with E-state index in [1.807, 2.05) is 13.8 Å². The summed E-state index contributed by atoms with van der Waals surface area (Å²) < 4.78 is 33.3. The molecule has 1 N–H and O–H groups in total. The SMILES string of the molecule is CC(C)C[C@@H](C(=O)OC(C)(C)C)N1CC=C(NS(=O)(=O)CCc2ccc(Cl)s2)C1=O. The summed E-state index contributed by atoms with van der Waals surface area (Å²) in [6.45, 7) is 9.34. The van der Waals surface area contributed by atoms with Gasteiger partial charge in [-0.2, -0.15) is 0 Å². The Hall–Kier alpha value is -1.58. The number of rotatable bonds is 9. The van der Waals surface area contributed by atoms with Crippen molar-refractivity contribution >= 4 is 44.8 Å². The molecule has 10 heteroatoms. The molecule has 0 radical (unpaired) electrons. The van der Waals surface area contributed by atoms with Crippen LogP contribution in [0.15, 0.2) is 23.9 Å². The Morgan fingerprint density at radius 1 is 1.33 bits per heavy atom. The number of nitrogens with one attached hydrogen (secondary N) is 1. The molecule has 1 aromatic rings. The highest BCUT2D eigenvalue weighted by Gasteiger charge is 2.38. The van der Waals surface area contributed by atoms with Crippen molar-refractivity contribution in [2.24, 2.45) is 5.92 Å². The Labute approximate surface area is 187 Å². The van der Waals surface area contributed by atoms with Gasteiger partial charge in [-0.3, -0.25) is 9.52 Å². The molecule has 0 spiro atoms. The van der Waals surface area contributed by atoms with Gasteiger partial charge in [-0.1, -0.05) is 25.4 Å². The van der Waals surface area contributed by atoms with E-state index in [9.17, 15) is 18.0 Å². The van der Waals surface area contributed by atoms with Gasteiger partial charge in [0, 0.05) is 11.4 Å². The zero-order valence-corrected chi connectivity index (χ0v) is 20.3. The third-order valence-electron chi connectivity index (χ3n) is 4.24. The Morgan fingerprint density at radius 2 is 2.00 bits per heavy atom. The number of ether oxygens (including phenoxy) is 1. The van der Waals surface area contributed by atoms with E-state index in [1.165, 1.54) is 22.3 Å². The zero-order chi connectivity index (χ0) is 22.7. The molecule has 0 saturated heterocycles. The van der Waals surface area contributed by atoms with Crippen molar-refractivity contribution in [2.75, 3.05) is 12.3 Å². The van der Waals surface area contributed by atoms with Crippen LogP contribution < -0.4 is 4.72 Å². The summed E-state index contributed by atoms with van der Waals surface area (Å²) in [4.78, 5) is 27.8. The van der Waals surface area contributed by atoms with Gasteiger partial charge < -0.3 is 9.64 Å². The van der Waals surface area contributed by atoms with E-state index < -0.39 is 33.5 Å². The molecule has 168 valence electrons. The van der Waals surface area contributed by atoms with E-state index in [0.29, 0.717) is 17.2 Å². The van der Waals surface area contributed by atoms with Gasteiger partial charge in [-0.05, 0) is 57.7 Å². The van der Waals surface area contributed by atoms with Crippen LogP contribution in [0.2, 0.25) is 4.34 Å². The Bertz CT molecular complexity index is 916. The molecular formula is C20H29ClN2O5S2. The summed E-state index contributed by atoms with van der Waals surface area (Å²) >= 11 is 7.19. The van der Waals surface area contributed by atoms with Crippen LogP contribution in [0.5, 0.6) is 0 Å². The van der Waals surface area contributed by atoms with Crippen molar-refractivity contribution in [3.05, 3.63) is 33.1 Å². The normalized spacial score (nSPS) is 16.0. The minimum Gasteiger partial charge on any atom is -0.458 e. The second kappa shape index (κ2) is 9.70. The molecule has 0 bridgehead atoms. The molecule has 1 aliphatic heterocycles. The van der Waals surface area contributed by atoms with Crippen molar-refractivity contribution < 1.29 is 22.7 Å². The van der Waals surface area contributed by atoms with Crippen molar-refractivity contribution in [3.8, 4) is 0 Å². The molecule has 0 saturated carbocycles. The molecule has 0 fully saturated rings. The second-order valence-electron chi connectivity index (χ2n) is 8.63. The van der Waals surface area contributed by atoms with E-state index in [4.69, 9.17) is 16.3 Å². The lowest BCUT2D eigenvalue weighted by molar-refractivity contribution is -0.164. The fraction of sp³-hybridized carbons (Fsp3) is 0.600. The highest BCUT2D eigenvalue weighted by atomic mass is 35.5. The third-order valence-corrected chi connectivity index (χ3v) is 6.81. The van der Waals surface area contributed by atoms with Crippen molar-refractivity contribution in [1.82, 2.24) is 9.62 Å². The average Bonchev–Trinajstić information content (AvgIpc) is 3.15. The van der Waals surface area contributed by atoms with Gasteiger partial charge in [0.1, 0.15) is 17.3 Å². The molecule has 0 unspecified atom stereocenters. The average molecular weight is 477 g/mol. The van der Waals surface area contributed by atoms with Crippen LogP contribution in [0.1, 0.15) is 45.9 Å². The lowest BCUT2D eigenvalue weighted by Crippen LogP contribution is -2.47. The van der Waals surface area contributed by atoms with E-state index in [2.05, 4.69) is 4.72 Å². The smallest absolute Gasteiger partial charge is 0.329 e. The number of halogens is 1. The number of thiophene rings is 1. The highest BCUT2D eigenvalue weighted by molar-refractivity contribution is 7.89. The number of esters is 1. The first kappa shape index (κ1) is 24.7. The molecule has 7 nitrogen and oxygen atoms in total. The van der Waals surface area contributed by atoms with Crippen LogP contribution in [0.3, 0.4) is 0 Å². The summed E-state index contributed by atoms with van der Waals surface area (Å²) in [5.74, 6) is -1.03. The molecule has 30 heavy (non-hydrogen) atoms. The summed E-state index contributed by atoms with van der Waals surface area (Å²) in [7, 11) is -3.73. The molecular weight excluding hydrogens is 448 g/mol. The van der Waals surface area contributed by atoms with Crippen LogP contribution in [0, 0.1) is 5.92 Å². The van der Waals surface area contributed by atoms with Crippen molar-refractivity contribution in [1.29, 1.82) is 0 Å². The fourth-order valence-electron chi connectivity index (χ4n) is 2.98. The number of carbonyl (C=O) groups is 2. The monoisotopic (exact) mass is 476 g/mol. The van der Waals surface area contributed by atoms with Crippen molar-refractivity contribution in [3.63, 3.8) is 0 Å². The van der Waals surface area contributed by atoms with Crippen LogP contribution in [-0.4, -0.2) is 49.1 Å². The quantitative estimate of drug-likeness (QED) is 0.552. The van der Waals surface area contributed by atoms with E-state index in [0.717, 1.165) is 4.88 Å². The standard InChI is InChI=1S/C20H29ClN2O5S2/c1-13(2)12-16(19(25)28-20(3,4)5)23-10-8-15(18(23)24)22-30(26,27)11-9-14-6-7-17(21)29-14/h6-8,13,16,22H,9-12H2,1-5H3/t16-/m0/s1. The maximum absolute atomic E-state index is 12.9. The third kappa shape index (κ3) is 7.28. The Kier molecular flexibility index (Phi) is 7.98. The summed E-state index contributed by atoms with van der Waals surface area (Å²) in [6, 6.07) is 2.72. The van der Waals surface area contributed by atoms with Gasteiger partial charge in [0.2, 0.25) is 10.0 Å². The number of amides is 1. The molecule has 1 atom stereocenters. The van der Waals surface area contributed by atoms with Crippen LogP contribution in [0.25, 0.3) is 0 Å². The first-order chi connectivity index (χ1) is 13.8. The summed E-state index contributed by atoms with van der Waals surface area (Å²) in [5, 5.41) is 0. The predicted molar refractivity (Wildman–Crippen MR) is 119 cm³/mol. The molecule has 1 aliphatic rings. The summed E-state index contributed by atoms with van der Waals surface area (Å²) in [6.07, 6.45) is 2.22. The van der Waals surface area contributed by atoms with Crippen LogP contribution in [0.4, 0.5) is 0 Å². The van der Waals surface area contributed by atoms with Gasteiger partial charge in [0.25, 0.3) is 5.91 Å². The molecule has 0 aliphatic carbocycles. The minimum absolute atomic E-state index is 0.0310. The van der Waals surface area contributed by atoms with Crippen molar-refractivity contribution in [2.45, 2.75) is 59.1 Å². The Balaban J connectivity index is 2.05. The fourth-order valence-corrected chi connectivity index (χ4v) is 5.29. The first-order valence-corrected chi connectivity index (χ1v) is 12.6. The summed E-state index contributed by atoms with van der Waals surface area (Å²) in [5.41, 5.74) is -0.714. The van der Waals surface area contributed by atoms with Crippen LogP contribution >= 0.6 is 22.9 Å². The number of sulfonamides is 1. The van der Waals surface area contributed by atoms with Gasteiger partial charge in [0.15, 0.2) is 0 Å². The maximum atomic E-state index is 12.9. The van der Waals surface area contributed by atoms with Gasteiger partial charge in [-0.15, -0.1) is 11.3 Å². The number of hydrogen-bond acceptors (Lipinski definition) is 6. The molecule has 0 aromatic carbocycles. The van der Waals surface area contributed by atoms with Gasteiger partial charge >= 0.3 is 5.97 Å². The van der Waals surface area contributed by atoms with Crippen LogP contribution in [-0.2, 0) is 30.8 Å². The number of hydrogen-bond donors (Lipinski definition) is 1. The maximum Gasteiger partial charge on any atom is 0.329 e. The topological polar surface area (TPSA) is 92.8 Å². The highest BCUT2D eigenvalue weighted by Crippen LogP contribution is 2.23. The number of aryl methyl sites for hydroxylation is 1. The molecule has 1 aromatic heterocycles. The minimum atomic E-state index is -3.73. The number of nitrogens with zero attached hydrogens (tertiary/aromatic N) is 1. The lowest BCUT2D eigenvalue weighted by atomic mass is 10.0. The first-order valence-electron chi connectivity index (χ1n) is 9.76. The Morgan fingerprint density at radius 3 is 2.53 bits per heavy atom. The predicted octanol–water partition coefficient (Wildman–Crippen LogP) is 3.35. The molecule has 2 rings (SSSR count). The van der Waals surface area contributed by atoms with E-state index in [-0.39, 0.29) is 23.9 Å². The van der Waals surface area contributed by atoms with E-state index >= 15 is 0 Å². The number of carbonyl (C=O) groups excluding carboxylic acids is 2. The van der Waals surface area contributed by atoms with Gasteiger partial charge in [0.05, 0.1) is 10.1 Å².